The van der Waals surface area contributed by atoms with Crippen LogP contribution >= 0.6 is 0 Å². The smallest absolute Gasteiger partial charge is 0.325 e. The normalized spacial score (nSPS) is 10.5. The van der Waals surface area contributed by atoms with Gasteiger partial charge in [-0.25, -0.2) is 0 Å². The molecule has 1 heterocycles. The van der Waals surface area contributed by atoms with Gasteiger partial charge in [-0.3, -0.25) is 14.4 Å². The Kier molecular flexibility index (Phi) is 8.61. The highest BCUT2D eigenvalue weighted by atomic mass is 16.5. The molecule has 8 heteroatoms. The highest BCUT2D eigenvalue weighted by molar-refractivity contribution is 6.00. The molecule has 0 aliphatic carbocycles. The molecule has 1 N–H and O–H groups in total. The Morgan fingerprint density at radius 3 is 2.57 bits per heavy atom. The molecule has 0 fully saturated rings. The van der Waals surface area contributed by atoms with Crippen LogP contribution in [0.25, 0.3) is 0 Å². The molecule has 1 amide bonds. The first-order valence-electron chi connectivity index (χ1n) is 9.64. The van der Waals surface area contributed by atoms with E-state index in [0.29, 0.717) is 23.5 Å². The second-order valence-corrected chi connectivity index (χ2v) is 6.78. The lowest BCUT2D eigenvalue weighted by molar-refractivity contribution is -0.141. The Hall–Kier alpha value is -3.13. The molecule has 0 aliphatic heterocycles. The summed E-state index contributed by atoms with van der Waals surface area (Å²) in [5.41, 5.74) is 2.68. The van der Waals surface area contributed by atoms with Gasteiger partial charge in [0.15, 0.2) is 6.61 Å². The minimum atomic E-state index is -0.687. The molecule has 2 aromatic rings. The summed E-state index contributed by atoms with van der Waals surface area (Å²) in [5.74, 6) is -0.866. The minimum Gasteiger partial charge on any atom is -0.497 e. The molecule has 0 unspecified atom stereocenters. The van der Waals surface area contributed by atoms with Crippen LogP contribution in [0, 0.1) is 13.8 Å². The zero-order chi connectivity index (χ0) is 22.1. The number of hydrogen-bond donors (Lipinski definition) is 1. The van der Waals surface area contributed by atoms with Crippen LogP contribution in [0.1, 0.15) is 38.5 Å². The number of Topliss-reactive ketones (excluding diaryl/α,β-unsaturated/α-hetero) is 1. The SMILES string of the molecule is COCCCn1c(C)cc(C(=O)COC(=O)CNC(=O)c2cccc(OC)c2)c1C. The fraction of sp³-hybridized carbons (Fsp3) is 0.409. The lowest BCUT2D eigenvalue weighted by atomic mass is 10.1. The van der Waals surface area contributed by atoms with E-state index in [1.165, 1.54) is 7.11 Å². The highest BCUT2D eigenvalue weighted by Gasteiger charge is 2.17. The van der Waals surface area contributed by atoms with Gasteiger partial charge in [-0.05, 0) is 44.5 Å². The van der Waals surface area contributed by atoms with Crippen LogP contribution in [-0.2, 0) is 20.8 Å². The first-order valence-corrected chi connectivity index (χ1v) is 9.64. The van der Waals surface area contributed by atoms with E-state index in [1.807, 2.05) is 18.4 Å². The van der Waals surface area contributed by atoms with Crippen LogP contribution in [0.5, 0.6) is 5.75 Å². The molecule has 0 bridgehead atoms. The van der Waals surface area contributed by atoms with Crippen molar-refractivity contribution in [3.05, 3.63) is 52.8 Å². The monoisotopic (exact) mass is 416 g/mol. The number of methoxy groups -OCH3 is 2. The van der Waals surface area contributed by atoms with Crippen molar-refractivity contribution in [3.63, 3.8) is 0 Å². The summed E-state index contributed by atoms with van der Waals surface area (Å²) in [6.07, 6.45) is 0.836. The lowest BCUT2D eigenvalue weighted by Crippen LogP contribution is -2.31. The van der Waals surface area contributed by atoms with Gasteiger partial charge in [-0.15, -0.1) is 0 Å². The van der Waals surface area contributed by atoms with Crippen molar-refractivity contribution in [1.82, 2.24) is 9.88 Å². The van der Waals surface area contributed by atoms with Gasteiger partial charge in [0.1, 0.15) is 12.3 Å². The van der Waals surface area contributed by atoms with E-state index in [2.05, 4.69) is 5.32 Å². The van der Waals surface area contributed by atoms with Crippen LogP contribution < -0.4 is 10.1 Å². The minimum absolute atomic E-state index is 0.284. The summed E-state index contributed by atoms with van der Waals surface area (Å²) >= 11 is 0. The second kappa shape index (κ2) is 11.2. The van der Waals surface area contributed by atoms with Crippen LogP contribution in [0.4, 0.5) is 0 Å². The van der Waals surface area contributed by atoms with Crippen LogP contribution in [0.15, 0.2) is 30.3 Å². The van der Waals surface area contributed by atoms with Crippen molar-refractivity contribution in [2.24, 2.45) is 0 Å². The highest BCUT2D eigenvalue weighted by Crippen LogP contribution is 2.16. The fourth-order valence-electron chi connectivity index (χ4n) is 3.09. The molecule has 162 valence electrons. The fourth-order valence-corrected chi connectivity index (χ4v) is 3.09. The summed E-state index contributed by atoms with van der Waals surface area (Å²) in [4.78, 5) is 36.5. The Bertz CT molecular complexity index is 903. The molecule has 8 nitrogen and oxygen atoms in total. The number of benzene rings is 1. The topological polar surface area (TPSA) is 95.9 Å². The Morgan fingerprint density at radius 2 is 1.87 bits per heavy atom. The number of nitrogens with one attached hydrogen (secondary N) is 1. The third-order valence-electron chi connectivity index (χ3n) is 4.69. The van der Waals surface area contributed by atoms with E-state index in [0.717, 1.165) is 24.4 Å². The lowest BCUT2D eigenvalue weighted by Gasteiger charge is -2.09. The molecule has 0 saturated carbocycles. The zero-order valence-electron chi connectivity index (χ0n) is 17.8. The van der Waals surface area contributed by atoms with Crippen LogP contribution in [0.3, 0.4) is 0 Å². The van der Waals surface area contributed by atoms with E-state index in [4.69, 9.17) is 14.2 Å². The van der Waals surface area contributed by atoms with E-state index < -0.39 is 11.9 Å². The predicted octanol–water partition coefficient (Wildman–Crippen LogP) is 2.31. The van der Waals surface area contributed by atoms with Crippen molar-refractivity contribution in [1.29, 1.82) is 0 Å². The Labute approximate surface area is 176 Å². The molecular weight excluding hydrogens is 388 g/mol. The van der Waals surface area contributed by atoms with Gasteiger partial charge >= 0.3 is 5.97 Å². The van der Waals surface area contributed by atoms with Gasteiger partial charge in [0.2, 0.25) is 5.78 Å². The van der Waals surface area contributed by atoms with Crippen LogP contribution in [-0.4, -0.2) is 56.2 Å². The number of nitrogens with zero attached hydrogens (tertiary/aromatic N) is 1. The number of aromatic nitrogens is 1. The van der Waals surface area contributed by atoms with Gasteiger partial charge in [-0.2, -0.15) is 0 Å². The van der Waals surface area contributed by atoms with Gasteiger partial charge in [0.05, 0.1) is 7.11 Å². The van der Waals surface area contributed by atoms with Crippen molar-refractivity contribution in [3.8, 4) is 5.75 Å². The molecule has 0 atom stereocenters. The van der Waals surface area contributed by atoms with Crippen molar-refractivity contribution >= 4 is 17.7 Å². The predicted molar refractivity (Wildman–Crippen MR) is 111 cm³/mol. The standard InChI is InChI=1S/C22H28N2O6/c1-15-11-19(16(2)24(15)9-6-10-28-3)20(25)14-30-21(26)13-23-22(27)17-7-5-8-18(12-17)29-4/h5,7-8,11-12H,6,9-10,13-14H2,1-4H3,(H,23,27). The van der Waals surface area contributed by atoms with Crippen molar-refractivity contribution in [2.45, 2.75) is 26.8 Å². The Morgan fingerprint density at radius 1 is 1.10 bits per heavy atom. The number of ether oxygens (including phenoxy) is 3. The first kappa shape index (κ1) is 23.2. The molecular formula is C22H28N2O6. The zero-order valence-corrected chi connectivity index (χ0v) is 17.8. The van der Waals surface area contributed by atoms with E-state index in [1.54, 1.807) is 37.4 Å². The number of esters is 1. The molecule has 0 aliphatic rings. The number of hydrogen-bond acceptors (Lipinski definition) is 6. The van der Waals surface area contributed by atoms with Gasteiger partial charge in [0.25, 0.3) is 5.91 Å². The van der Waals surface area contributed by atoms with Gasteiger partial charge < -0.3 is 24.1 Å². The Balaban J connectivity index is 1.85. The van der Waals surface area contributed by atoms with E-state index in [-0.39, 0.29) is 18.9 Å². The molecule has 0 spiro atoms. The number of ketones is 1. The summed E-state index contributed by atoms with van der Waals surface area (Å²) in [6.45, 7) is 4.46. The number of carbonyl (C=O) groups excluding carboxylic acids is 3. The van der Waals surface area contributed by atoms with Crippen molar-refractivity contribution < 1.29 is 28.6 Å². The van der Waals surface area contributed by atoms with Gasteiger partial charge in [0, 0.05) is 42.8 Å². The third kappa shape index (κ3) is 6.18. The first-order chi connectivity index (χ1) is 14.4. The summed E-state index contributed by atoms with van der Waals surface area (Å²) < 4.78 is 17.2. The average molecular weight is 416 g/mol. The number of carbonyl (C=O) groups is 3. The summed E-state index contributed by atoms with van der Waals surface area (Å²) in [6, 6.07) is 8.35. The molecule has 0 saturated heterocycles. The molecule has 30 heavy (non-hydrogen) atoms. The molecule has 1 aromatic carbocycles. The number of rotatable bonds is 11. The average Bonchev–Trinajstić information content (AvgIpc) is 3.04. The molecule has 1 aromatic heterocycles. The molecule has 0 radical (unpaired) electrons. The number of amides is 1. The van der Waals surface area contributed by atoms with E-state index >= 15 is 0 Å². The second-order valence-electron chi connectivity index (χ2n) is 6.78. The quantitative estimate of drug-likeness (QED) is 0.343. The van der Waals surface area contributed by atoms with Crippen LogP contribution in [0.2, 0.25) is 0 Å². The third-order valence-corrected chi connectivity index (χ3v) is 4.69. The summed E-state index contributed by atoms with van der Waals surface area (Å²) in [7, 11) is 3.15. The maximum absolute atomic E-state index is 12.5. The van der Waals surface area contributed by atoms with Crippen molar-refractivity contribution in [2.75, 3.05) is 34.0 Å². The maximum Gasteiger partial charge on any atom is 0.325 e. The van der Waals surface area contributed by atoms with Gasteiger partial charge in [-0.1, -0.05) is 6.07 Å². The number of aryl methyl sites for hydroxylation is 1. The maximum atomic E-state index is 12.5. The summed E-state index contributed by atoms with van der Waals surface area (Å²) in [5, 5.41) is 2.47. The largest absolute Gasteiger partial charge is 0.497 e. The molecule has 2 rings (SSSR count). The van der Waals surface area contributed by atoms with E-state index in [9.17, 15) is 14.4 Å².